The lowest BCUT2D eigenvalue weighted by atomic mass is 10.2. The lowest BCUT2D eigenvalue weighted by Crippen LogP contribution is -2.21. The predicted octanol–water partition coefficient (Wildman–Crippen LogP) is 3.06. The Morgan fingerprint density at radius 1 is 1.06 bits per heavy atom. The summed E-state index contributed by atoms with van der Waals surface area (Å²) in [6, 6.07) is 13.4. The molecule has 3 aromatic heterocycles. The molecule has 0 N–H and O–H groups in total. The van der Waals surface area contributed by atoms with Crippen molar-refractivity contribution in [3.05, 3.63) is 82.5 Å². The first-order valence-corrected chi connectivity index (χ1v) is 10.6. The number of halogens is 1. The van der Waals surface area contributed by atoms with E-state index in [9.17, 15) is 9.18 Å². The molecular formula is C23H20FN7O3. The van der Waals surface area contributed by atoms with Crippen molar-refractivity contribution < 1.29 is 13.7 Å². The van der Waals surface area contributed by atoms with E-state index in [0.717, 1.165) is 16.9 Å². The molecule has 5 rings (SSSR count). The maximum atomic E-state index is 13.1. The van der Waals surface area contributed by atoms with Gasteiger partial charge in [0.1, 0.15) is 24.4 Å². The summed E-state index contributed by atoms with van der Waals surface area (Å²) in [5.41, 5.74) is 1.63. The van der Waals surface area contributed by atoms with E-state index < -0.39 is 0 Å². The summed E-state index contributed by atoms with van der Waals surface area (Å²) in [6.07, 6.45) is 1.47. The molecule has 0 atom stereocenters. The minimum Gasteiger partial charge on any atom is -0.491 e. The molecule has 172 valence electrons. The van der Waals surface area contributed by atoms with Crippen molar-refractivity contribution in [2.24, 2.45) is 0 Å². The molecule has 0 spiro atoms. The monoisotopic (exact) mass is 461 g/mol. The van der Waals surface area contributed by atoms with Crippen LogP contribution >= 0.6 is 0 Å². The maximum absolute atomic E-state index is 13.1. The zero-order chi connectivity index (χ0) is 23.7. The highest BCUT2D eigenvalue weighted by molar-refractivity contribution is 5.67. The van der Waals surface area contributed by atoms with Gasteiger partial charge in [-0.2, -0.15) is 4.98 Å². The third-order valence-electron chi connectivity index (χ3n) is 5.00. The van der Waals surface area contributed by atoms with Crippen molar-refractivity contribution in [3.8, 4) is 17.1 Å². The van der Waals surface area contributed by atoms with Crippen molar-refractivity contribution in [3.63, 3.8) is 0 Å². The minimum atomic E-state index is -0.384. The largest absolute Gasteiger partial charge is 0.491 e. The van der Waals surface area contributed by atoms with Gasteiger partial charge in [-0.05, 0) is 55.8 Å². The summed E-state index contributed by atoms with van der Waals surface area (Å²) >= 11 is 0. The Morgan fingerprint density at radius 3 is 2.56 bits per heavy atom. The van der Waals surface area contributed by atoms with Crippen LogP contribution in [0.3, 0.4) is 0 Å². The number of nitrogens with zero attached hydrogens (tertiary/aromatic N) is 7. The highest BCUT2D eigenvalue weighted by Crippen LogP contribution is 2.21. The highest BCUT2D eigenvalue weighted by Gasteiger charge is 2.15. The number of benzene rings is 2. The van der Waals surface area contributed by atoms with Gasteiger partial charge >= 0.3 is 0 Å². The molecule has 10 nitrogen and oxygen atoms in total. The quantitative estimate of drug-likeness (QED) is 0.363. The van der Waals surface area contributed by atoms with Crippen LogP contribution in [0.2, 0.25) is 0 Å². The van der Waals surface area contributed by atoms with Gasteiger partial charge < -0.3 is 9.26 Å². The first-order valence-electron chi connectivity index (χ1n) is 10.6. The third-order valence-corrected chi connectivity index (χ3v) is 5.00. The van der Waals surface area contributed by atoms with Crippen molar-refractivity contribution in [1.82, 2.24) is 34.7 Å². The smallest absolute Gasteiger partial charge is 0.283 e. The molecule has 0 amide bonds. The van der Waals surface area contributed by atoms with Gasteiger partial charge in [-0.15, -0.1) is 5.10 Å². The van der Waals surface area contributed by atoms with Crippen molar-refractivity contribution in [2.75, 3.05) is 0 Å². The van der Waals surface area contributed by atoms with E-state index in [4.69, 9.17) is 9.26 Å². The Hall–Kier alpha value is -4.41. The van der Waals surface area contributed by atoms with Gasteiger partial charge in [-0.3, -0.25) is 9.36 Å². The molecule has 11 heteroatoms. The predicted molar refractivity (Wildman–Crippen MR) is 120 cm³/mol. The minimum absolute atomic E-state index is 0.0359. The normalized spacial score (nSPS) is 11.4. The summed E-state index contributed by atoms with van der Waals surface area (Å²) in [4.78, 5) is 21.6. The van der Waals surface area contributed by atoms with E-state index in [1.807, 2.05) is 38.1 Å². The topological polar surface area (TPSA) is 114 Å². The average Bonchev–Trinajstić information content (AvgIpc) is 3.45. The molecule has 0 aliphatic heterocycles. The second-order valence-corrected chi connectivity index (χ2v) is 7.93. The molecule has 0 aliphatic rings. The van der Waals surface area contributed by atoms with E-state index >= 15 is 0 Å². The van der Waals surface area contributed by atoms with Gasteiger partial charge in [0.15, 0.2) is 11.2 Å². The van der Waals surface area contributed by atoms with Crippen LogP contribution in [0.4, 0.5) is 4.39 Å². The number of hydrogen-bond donors (Lipinski definition) is 0. The third kappa shape index (κ3) is 4.40. The van der Waals surface area contributed by atoms with E-state index in [1.165, 1.54) is 27.7 Å². The van der Waals surface area contributed by atoms with Gasteiger partial charge in [0, 0.05) is 5.56 Å². The second kappa shape index (κ2) is 8.85. The van der Waals surface area contributed by atoms with Crippen LogP contribution in [0.25, 0.3) is 22.6 Å². The number of hydrogen-bond acceptors (Lipinski definition) is 8. The van der Waals surface area contributed by atoms with Crippen LogP contribution in [0.1, 0.15) is 25.3 Å². The fourth-order valence-corrected chi connectivity index (χ4v) is 3.41. The SMILES string of the molecule is CC(C)Oc1ccc(-c2noc(Cn3cnc4c(nnn4Cc4ccc(F)cc4)c3=O)n2)cc1. The molecular weight excluding hydrogens is 441 g/mol. The number of rotatable bonds is 7. The zero-order valence-electron chi connectivity index (χ0n) is 18.4. The first-order chi connectivity index (χ1) is 16.5. The fraction of sp³-hybridized carbons (Fsp3) is 0.217. The lowest BCUT2D eigenvalue weighted by Gasteiger charge is -2.09. The lowest BCUT2D eigenvalue weighted by molar-refractivity contribution is 0.242. The highest BCUT2D eigenvalue weighted by atomic mass is 19.1. The molecule has 0 saturated heterocycles. The van der Waals surface area contributed by atoms with Gasteiger partial charge in [0.2, 0.25) is 11.7 Å². The van der Waals surface area contributed by atoms with Gasteiger partial charge in [0.05, 0.1) is 12.6 Å². The molecule has 2 aromatic carbocycles. The molecule has 5 aromatic rings. The molecule has 0 fully saturated rings. The summed E-state index contributed by atoms with van der Waals surface area (Å²) in [5, 5.41) is 12.0. The molecule has 0 radical (unpaired) electrons. The van der Waals surface area contributed by atoms with Crippen LogP contribution in [0, 0.1) is 5.82 Å². The Kier molecular flexibility index (Phi) is 5.58. The molecule has 0 saturated carbocycles. The molecule has 3 heterocycles. The van der Waals surface area contributed by atoms with E-state index in [0.29, 0.717) is 18.0 Å². The van der Waals surface area contributed by atoms with Crippen LogP contribution in [-0.4, -0.2) is 40.8 Å². The van der Waals surface area contributed by atoms with Crippen LogP contribution in [0.15, 0.2) is 64.2 Å². The number of ether oxygens (including phenoxy) is 1. The standard InChI is InChI=1S/C23H20FN7O3/c1-14(2)33-18-9-5-16(6-10-18)21-26-19(34-28-21)12-30-13-25-22-20(23(30)32)27-29-31(22)11-15-3-7-17(24)8-4-15/h3-10,13-14H,11-12H2,1-2H3. The average molecular weight is 461 g/mol. The van der Waals surface area contributed by atoms with E-state index in [1.54, 1.807) is 12.1 Å². The van der Waals surface area contributed by atoms with Crippen molar-refractivity contribution >= 4 is 11.2 Å². The van der Waals surface area contributed by atoms with Crippen LogP contribution in [0.5, 0.6) is 5.75 Å². The van der Waals surface area contributed by atoms with Gasteiger partial charge in [-0.1, -0.05) is 22.5 Å². The Bertz CT molecular complexity index is 1490. The number of fused-ring (bicyclic) bond motifs is 1. The maximum Gasteiger partial charge on any atom is 0.283 e. The van der Waals surface area contributed by atoms with E-state index in [-0.39, 0.29) is 35.4 Å². The second-order valence-electron chi connectivity index (χ2n) is 7.93. The van der Waals surface area contributed by atoms with Gasteiger partial charge in [0.25, 0.3) is 5.56 Å². The summed E-state index contributed by atoms with van der Waals surface area (Å²) in [5.74, 6) is 1.08. The number of aromatic nitrogens is 7. The Balaban J connectivity index is 1.34. The van der Waals surface area contributed by atoms with E-state index in [2.05, 4.69) is 25.4 Å². The van der Waals surface area contributed by atoms with Crippen molar-refractivity contribution in [1.29, 1.82) is 0 Å². The fourth-order valence-electron chi connectivity index (χ4n) is 3.41. The summed E-state index contributed by atoms with van der Waals surface area (Å²) < 4.78 is 26.9. The zero-order valence-corrected chi connectivity index (χ0v) is 18.4. The Labute approximate surface area is 192 Å². The van der Waals surface area contributed by atoms with Crippen molar-refractivity contribution in [2.45, 2.75) is 33.0 Å². The molecule has 0 unspecified atom stereocenters. The Morgan fingerprint density at radius 2 is 1.82 bits per heavy atom. The van der Waals surface area contributed by atoms with Crippen LogP contribution in [-0.2, 0) is 13.1 Å². The summed E-state index contributed by atoms with van der Waals surface area (Å²) in [7, 11) is 0. The first kappa shape index (κ1) is 21.4. The van der Waals surface area contributed by atoms with Gasteiger partial charge in [-0.25, -0.2) is 14.1 Å². The summed E-state index contributed by atoms with van der Waals surface area (Å²) in [6.45, 7) is 4.26. The molecule has 34 heavy (non-hydrogen) atoms. The molecule has 0 aliphatic carbocycles. The molecule has 0 bridgehead atoms. The van der Waals surface area contributed by atoms with Crippen LogP contribution < -0.4 is 10.3 Å².